The van der Waals surface area contributed by atoms with Gasteiger partial charge in [0.25, 0.3) is 0 Å². The minimum atomic E-state index is 0.556. The first kappa shape index (κ1) is 25.5. The van der Waals surface area contributed by atoms with E-state index in [-0.39, 0.29) is 0 Å². The van der Waals surface area contributed by atoms with Gasteiger partial charge in [-0.05, 0) is 92.8 Å². The number of hydrogen-bond acceptors (Lipinski definition) is 0. The topological polar surface area (TPSA) is 0 Å². The Labute approximate surface area is 189 Å². The molecule has 0 N–H and O–H groups in total. The van der Waals surface area contributed by atoms with Crippen LogP contribution < -0.4 is 0 Å². The highest BCUT2D eigenvalue weighted by molar-refractivity contribution is 5.24. The molecule has 3 aliphatic rings. The van der Waals surface area contributed by atoms with E-state index in [1.165, 1.54) is 69.8 Å². The van der Waals surface area contributed by atoms with Crippen LogP contribution in [0.2, 0.25) is 0 Å². The van der Waals surface area contributed by atoms with Gasteiger partial charge in [0, 0.05) is 5.92 Å². The third-order valence-corrected chi connectivity index (χ3v) is 9.83. The van der Waals surface area contributed by atoms with Crippen LogP contribution in [-0.4, -0.2) is 0 Å². The van der Waals surface area contributed by atoms with Gasteiger partial charge in [-0.3, -0.25) is 0 Å². The molecule has 3 aliphatic carbocycles. The Morgan fingerprint density at radius 1 is 1.13 bits per heavy atom. The zero-order valence-electron chi connectivity index (χ0n) is 21.5. The lowest BCUT2D eigenvalue weighted by Gasteiger charge is -2.60. The van der Waals surface area contributed by atoms with E-state index in [2.05, 4.69) is 60.8 Å². The van der Waals surface area contributed by atoms with Crippen molar-refractivity contribution < 1.29 is 0 Å². The summed E-state index contributed by atoms with van der Waals surface area (Å²) >= 11 is 0. The molecule has 30 heavy (non-hydrogen) atoms. The van der Waals surface area contributed by atoms with Crippen molar-refractivity contribution in [2.45, 2.75) is 113 Å². The molecule has 0 amide bonds. The van der Waals surface area contributed by atoms with Crippen LogP contribution >= 0.6 is 0 Å². The van der Waals surface area contributed by atoms with Gasteiger partial charge in [-0.25, -0.2) is 0 Å². The number of fused-ring (bicyclic) bond motifs is 1. The van der Waals surface area contributed by atoms with Crippen molar-refractivity contribution in [3.63, 3.8) is 0 Å². The molecule has 3 saturated carbocycles. The average Bonchev–Trinajstić information content (AvgIpc) is 3.18. The third-order valence-electron chi connectivity index (χ3n) is 9.83. The first-order chi connectivity index (χ1) is 14.2. The fourth-order valence-corrected chi connectivity index (χ4v) is 7.39. The summed E-state index contributed by atoms with van der Waals surface area (Å²) in [6.45, 7) is 24.6. The molecule has 0 spiro atoms. The minimum absolute atomic E-state index is 0.556. The second kappa shape index (κ2) is 10.7. The molecule has 0 radical (unpaired) electrons. The molecule has 0 heteroatoms. The predicted octanol–water partition coefficient (Wildman–Crippen LogP) is 9.78. The summed E-state index contributed by atoms with van der Waals surface area (Å²) in [5, 5.41) is 0. The number of hydrogen-bond donors (Lipinski definition) is 0. The number of rotatable bonds is 5. The van der Waals surface area contributed by atoms with Crippen molar-refractivity contribution in [2.75, 3.05) is 0 Å². The molecular formula is C30H52. The predicted molar refractivity (Wildman–Crippen MR) is 136 cm³/mol. The normalized spacial score (nSPS) is 39.9. The molecule has 172 valence electrons. The molecule has 0 nitrogen and oxygen atoms in total. The molecule has 3 fully saturated rings. The summed E-state index contributed by atoms with van der Waals surface area (Å²) in [5.41, 5.74) is 4.34. The summed E-state index contributed by atoms with van der Waals surface area (Å²) in [7, 11) is 0. The standard InChI is InChI=1S/C27H46.C3H6/c1-8-26(6)20(4)17-18-27(7)23(12-10-14-25(26)27)16-15-22-11-9-13-24(22)21(5)19(2)3;1-3-2/h15,19-20,23-25H,5,8-14,16-18H2,1-4,6-7H3;3H,1H2,2H3/b22-15-;. The average molecular weight is 413 g/mol. The zero-order valence-corrected chi connectivity index (χ0v) is 21.5. The van der Waals surface area contributed by atoms with Gasteiger partial charge < -0.3 is 0 Å². The van der Waals surface area contributed by atoms with Gasteiger partial charge in [0.1, 0.15) is 0 Å². The molecule has 0 saturated heterocycles. The van der Waals surface area contributed by atoms with E-state index in [0.29, 0.717) is 22.7 Å². The van der Waals surface area contributed by atoms with E-state index < -0.39 is 0 Å². The molecule has 3 rings (SSSR count). The first-order valence-electron chi connectivity index (χ1n) is 13.1. The van der Waals surface area contributed by atoms with Crippen molar-refractivity contribution in [3.8, 4) is 0 Å². The minimum Gasteiger partial charge on any atom is -0.103 e. The maximum absolute atomic E-state index is 4.46. The molecule has 0 aliphatic heterocycles. The Hall–Kier alpha value is -0.780. The quantitative estimate of drug-likeness (QED) is 0.394. The molecule has 6 unspecified atom stereocenters. The smallest absolute Gasteiger partial charge is 0.000690 e. The van der Waals surface area contributed by atoms with Crippen LogP contribution in [0.1, 0.15) is 113 Å². The lowest BCUT2D eigenvalue weighted by atomic mass is 9.44. The van der Waals surface area contributed by atoms with Gasteiger partial charge in [0.15, 0.2) is 0 Å². The molecule has 6 atom stereocenters. The largest absolute Gasteiger partial charge is 0.103 e. The molecular weight excluding hydrogens is 360 g/mol. The fourth-order valence-electron chi connectivity index (χ4n) is 7.39. The Morgan fingerprint density at radius 2 is 1.80 bits per heavy atom. The summed E-state index contributed by atoms with van der Waals surface area (Å²) in [4.78, 5) is 0. The maximum Gasteiger partial charge on any atom is 0.000690 e. The molecule has 0 heterocycles. The Morgan fingerprint density at radius 3 is 2.40 bits per heavy atom. The van der Waals surface area contributed by atoms with E-state index >= 15 is 0 Å². The molecule has 0 aromatic rings. The summed E-state index contributed by atoms with van der Waals surface area (Å²) < 4.78 is 0. The van der Waals surface area contributed by atoms with Crippen molar-refractivity contribution in [1.82, 2.24) is 0 Å². The maximum atomic E-state index is 4.46. The van der Waals surface area contributed by atoms with Crippen LogP contribution in [-0.2, 0) is 0 Å². The van der Waals surface area contributed by atoms with E-state index in [1.807, 2.05) is 6.92 Å². The van der Waals surface area contributed by atoms with Crippen LogP contribution in [0.3, 0.4) is 0 Å². The molecule has 0 bridgehead atoms. The second-order valence-corrected chi connectivity index (χ2v) is 11.6. The van der Waals surface area contributed by atoms with Gasteiger partial charge in [0.2, 0.25) is 0 Å². The Kier molecular flexibility index (Phi) is 9.08. The van der Waals surface area contributed by atoms with E-state index in [0.717, 1.165) is 17.8 Å². The zero-order chi connectivity index (χ0) is 22.5. The van der Waals surface area contributed by atoms with Crippen molar-refractivity contribution in [3.05, 3.63) is 36.5 Å². The monoisotopic (exact) mass is 412 g/mol. The van der Waals surface area contributed by atoms with Crippen molar-refractivity contribution in [2.24, 2.45) is 40.4 Å². The van der Waals surface area contributed by atoms with Crippen LogP contribution in [0.5, 0.6) is 0 Å². The van der Waals surface area contributed by atoms with Gasteiger partial charge in [-0.15, -0.1) is 6.58 Å². The van der Waals surface area contributed by atoms with Gasteiger partial charge >= 0.3 is 0 Å². The van der Waals surface area contributed by atoms with E-state index in [1.54, 1.807) is 11.6 Å². The first-order valence-corrected chi connectivity index (χ1v) is 13.1. The van der Waals surface area contributed by atoms with E-state index in [9.17, 15) is 0 Å². The lowest BCUT2D eigenvalue weighted by molar-refractivity contribution is -0.110. The lowest BCUT2D eigenvalue weighted by Crippen LogP contribution is -2.52. The highest BCUT2D eigenvalue weighted by atomic mass is 14.6. The summed E-state index contributed by atoms with van der Waals surface area (Å²) in [6.07, 6.45) is 18.5. The molecule has 0 aromatic carbocycles. The third kappa shape index (κ3) is 4.99. The highest BCUT2D eigenvalue weighted by Crippen LogP contribution is 2.63. The van der Waals surface area contributed by atoms with Crippen LogP contribution in [0, 0.1) is 40.4 Å². The van der Waals surface area contributed by atoms with Gasteiger partial charge in [-0.2, -0.15) is 0 Å². The summed E-state index contributed by atoms with van der Waals surface area (Å²) in [6, 6.07) is 0. The molecule has 0 aromatic heterocycles. The van der Waals surface area contributed by atoms with Crippen LogP contribution in [0.15, 0.2) is 36.5 Å². The van der Waals surface area contributed by atoms with Crippen molar-refractivity contribution in [1.29, 1.82) is 0 Å². The number of allylic oxidation sites excluding steroid dienone is 4. The fraction of sp³-hybridized carbons (Fsp3) is 0.800. The summed E-state index contributed by atoms with van der Waals surface area (Å²) in [5.74, 6) is 4.03. The second-order valence-electron chi connectivity index (χ2n) is 11.6. The van der Waals surface area contributed by atoms with Crippen LogP contribution in [0.25, 0.3) is 0 Å². The van der Waals surface area contributed by atoms with Crippen molar-refractivity contribution >= 4 is 0 Å². The van der Waals surface area contributed by atoms with Gasteiger partial charge in [0.05, 0.1) is 0 Å². The SMILES string of the molecule is C=C(C(C)C)C1CCC/C1=C/CC1CCCC2C(C)(CC)C(C)CCC12C.C=CC. The van der Waals surface area contributed by atoms with E-state index in [4.69, 9.17) is 0 Å². The Balaban J connectivity index is 0.00000101. The van der Waals surface area contributed by atoms with Gasteiger partial charge in [-0.1, -0.05) is 84.3 Å². The Bertz CT molecular complexity index is 608. The van der Waals surface area contributed by atoms with Crippen LogP contribution in [0.4, 0.5) is 0 Å². The highest BCUT2D eigenvalue weighted by Gasteiger charge is 2.54.